The molecule has 6 nitrogen and oxygen atoms in total. The topological polar surface area (TPSA) is 75.7 Å². The van der Waals surface area contributed by atoms with E-state index in [1.807, 2.05) is 30.3 Å². The highest BCUT2D eigenvalue weighted by atomic mass is 32.2. The van der Waals surface area contributed by atoms with E-state index >= 15 is 0 Å². The van der Waals surface area contributed by atoms with Gasteiger partial charge in [-0.05, 0) is 36.1 Å². The molecule has 0 fully saturated rings. The van der Waals surface area contributed by atoms with E-state index in [0.29, 0.717) is 12.1 Å². The molecule has 1 N–H and O–H groups in total. The predicted molar refractivity (Wildman–Crippen MR) is 106 cm³/mol. The van der Waals surface area contributed by atoms with Crippen LogP contribution in [0.3, 0.4) is 0 Å². The molecule has 1 amide bonds. The number of methoxy groups -OCH3 is 1. The summed E-state index contributed by atoms with van der Waals surface area (Å²) in [4.78, 5) is 12.7. The number of rotatable bonds is 9. The van der Waals surface area contributed by atoms with Crippen LogP contribution in [0.5, 0.6) is 5.75 Å². The van der Waals surface area contributed by atoms with Crippen molar-refractivity contribution in [2.24, 2.45) is 0 Å². The zero-order valence-corrected chi connectivity index (χ0v) is 16.7. The van der Waals surface area contributed by atoms with Crippen LogP contribution >= 0.6 is 0 Å². The number of hydrogen-bond donors (Lipinski definition) is 1. The van der Waals surface area contributed by atoms with Crippen molar-refractivity contribution in [1.29, 1.82) is 0 Å². The first kappa shape index (κ1) is 20.9. The fraction of sp³-hybridized carbons (Fsp3) is 0.350. The molecule has 0 saturated carbocycles. The molecule has 2 rings (SSSR count). The number of sulfonamides is 1. The average Bonchev–Trinajstić information content (AvgIpc) is 2.66. The molecule has 2 aromatic carbocycles. The lowest BCUT2D eigenvalue weighted by Gasteiger charge is -2.25. The van der Waals surface area contributed by atoms with Crippen molar-refractivity contribution in [3.63, 3.8) is 0 Å². The van der Waals surface area contributed by atoms with E-state index < -0.39 is 16.1 Å². The minimum Gasteiger partial charge on any atom is -0.497 e. The van der Waals surface area contributed by atoms with Crippen molar-refractivity contribution >= 4 is 15.9 Å². The maximum Gasteiger partial charge on any atom is 0.242 e. The lowest BCUT2D eigenvalue weighted by Crippen LogP contribution is -2.41. The highest BCUT2D eigenvalue weighted by Crippen LogP contribution is 2.22. The summed E-state index contributed by atoms with van der Waals surface area (Å²) in [6, 6.07) is 15.8. The molecule has 0 aliphatic heterocycles. The zero-order valence-electron chi connectivity index (χ0n) is 15.9. The Morgan fingerprint density at radius 1 is 1.11 bits per heavy atom. The molecule has 0 heterocycles. The first-order valence-corrected chi connectivity index (χ1v) is 10.6. The maximum absolute atomic E-state index is 12.7. The molecule has 0 unspecified atom stereocenters. The molecule has 0 aromatic heterocycles. The molecule has 0 aliphatic carbocycles. The van der Waals surface area contributed by atoms with Crippen LogP contribution in [0.1, 0.15) is 23.6 Å². The maximum atomic E-state index is 12.7. The highest BCUT2D eigenvalue weighted by Gasteiger charge is 2.30. The van der Waals surface area contributed by atoms with Crippen molar-refractivity contribution in [3.05, 3.63) is 65.7 Å². The van der Waals surface area contributed by atoms with Crippen molar-refractivity contribution in [2.75, 3.05) is 27.0 Å². The number of ether oxygens (including phenoxy) is 1. The molecule has 0 aliphatic rings. The number of nitrogens with zero attached hydrogens (tertiary/aromatic N) is 1. The number of carbonyl (C=O) groups excluding carboxylic acids is 1. The average molecular weight is 391 g/mol. The van der Waals surface area contributed by atoms with Crippen LogP contribution < -0.4 is 10.1 Å². The van der Waals surface area contributed by atoms with Crippen molar-refractivity contribution in [2.45, 2.75) is 18.9 Å². The third-order valence-corrected chi connectivity index (χ3v) is 5.61. The first-order valence-electron chi connectivity index (χ1n) is 8.71. The Bertz CT molecular complexity index is 836. The smallest absolute Gasteiger partial charge is 0.242 e. The molecular weight excluding hydrogens is 364 g/mol. The minimum absolute atomic E-state index is 0.330. The van der Waals surface area contributed by atoms with Gasteiger partial charge in [0.05, 0.1) is 13.4 Å². The van der Waals surface area contributed by atoms with Crippen molar-refractivity contribution in [3.8, 4) is 5.75 Å². The molecule has 146 valence electrons. The second kappa shape index (κ2) is 9.53. The van der Waals surface area contributed by atoms with Gasteiger partial charge < -0.3 is 10.1 Å². The molecule has 0 spiro atoms. The fourth-order valence-electron chi connectivity index (χ4n) is 2.75. The summed E-state index contributed by atoms with van der Waals surface area (Å²) >= 11 is 0. The van der Waals surface area contributed by atoms with Crippen LogP contribution in [-0.2, 0) is 21.2 Å². The summed E-state index contributed by atoms with van der Waals surface area (Å²) in [5, 5.41) is 2.86. The summed E-state index contributed by atoms with van der Waals surface area (Å²) in [5.41, 5.74) is 1.79. The lowest BCUT2D eigenvalue weighted by atomic mass is 10.1. The Kier molecular flexibility index (Phi) is 7.38. The molecule has 27 heavy (non-hydrogen) atoms. The van der Waals surface area contributed by atoms with Gasteiger partial charge in [0.15, 0.2) is 0 Å². The number of amides is 1. The molecule has 0 bridgehead atoms. The van der Waals surface area contributed by atoms with Gasteiger partial charge in [-0.1, -0.05) is 42.5 Å². The summed E-state index contributed by atoms with van der Waals surface area (Å²) in [5.74, 6) is 0.477. The number of nitrogens with one attached hydrogen (secondary N) is 1. The van der Waals surface area contributed by atoms with Gasteiger partial charge >= 0.3 is 0 Å². The standard InChI is InChI=1S/C20H26N2O4S/c1-22(27(3,24)25)19(17-9-5-4-6-10-17)20(23)21-15-7-8-16-11-13-18(26-2)14-12-16/h4-6,9-14,19H,7-8,15H2,1-3H3,(H,21,23)/t19-/m1/s1. The molecule has 1 atom stereocenters. The molecular formula is C20H26N2O4S. The number of carbonyl (C=O) groups is 1. The fourth-order valence-corrected chi connectivity index (χ4v) is 3.35. The van der Waals surface area contributed by atoms with Crippen LogP contribution in [0.25, 0.3) is 0 Å². The van der Waals surface area contributed by atoms with Crippen LogP contribution in [-0.4, -0.2) is 45.6 Å². The Hall–Kier alpha value is -2.38. The predicted octanol–water partition coefficient (Wildman–Crippen LogP) is 2.38. The largest absolute Gasteiger partial charge is 0.497 e. The highest BCUT2D eigenvalue weighted by molar-refractivity contribution is 7.88. The number of likely N-dealkylation sites (N-methyl/N-ethyl adjacent to an activating group) is 1. The van der Waals surface area contributed by atoms with E-state index in [4.69, 9.17) is 4.74 Å². The van der Waals surface area contributed by atoms with E-state index in [-0.39, 0.29) is 5.91 Å². The monoisotopic (exact) mass is 390 g/mol. The van der Waals surface area contributed by atoms with Crippen molar-refractivity contribution in [1.82, 2.24) is 9.62 Å². The van der Waals surface area contributed by atoms with Gasteiger partial charge in [0.2, 0.25) is 15.9 Å². The Labute approximate surface area is 161 Å². The Morgan fingerprint density at radius 3 is 2.30 bits per heavy atom. The van der Waals surface area contributed by atoms with Gasteiger partial charge in [-0.25, -0.2) is 8.42 Å². The second-order valence-corrected chi connectivity index (χ2v) is 8.38. The summed E-state index contributed by atoms with van der Waals surface area (Å²) < 4.78 is 30.1. The lowest BCUT2D eigenvalue weighted by molar-refractivity contribution is -0.124. The Balaban J connectivity index is 1.97. The van der Waals surface area contributed by atoms with Gasteiger partial charge in [-0.3, -0.25) is 4.79 Å². The third-order valence-electron chi connectivity index (χ3n) is 4.35. The van der Waals surface area contributed by atoms with Gasteiger partial charge in [0.1, 0.15) is 11.8 Å². The molecule has 0 radical (unpaired) electrons. The SMILES string of the molecule is COc1ccc(CCCNC(=O)[C@@H](c2ccccc2)N(C)S(C)(=O)=O)cc1. The third kappa shape index (κ3) is 6.08. The van der Waals surface area contributed by atoms with Crippen LogP contribution in [0, 0.1) is 0 Å². The van der Waals surface area contributed by atoms with Crippen LogP contribution in [0.15, 0.2) is 54.6 Å². The van der Waals surface area contributed by atoms with Gasteiger partial charge in [-0.2, -0.15) is 4.31 Å². The van der Waals surface area contributed by atoms with E-state index in [9.17, 15) is 13.2 Å². The summed E-state index contributed by atoms with van der Waals surface area (Å²) in [6.07, 6.45) is 2.66. The summed E-state index contributed by atoms with van der Waals surface area (Å²) in [7, 11) is -0.468. The Morgan fingerprint density at radius 2 is 1.74 bits per heavy atom. The molecule has 0 saturated heterocycles. The van der Waals surface area contributed by atoms with Gasteiger partial charge in [0.25, 0.3) is 0 Å². The van der Waals surface area contributed by atoms with Gasteiger partial charge in [-0.15, -0.1) is 0 Å². The number of benzene rings is 2. The number of aryl methyl sites for hydroxylation is 1. The zero-order chi connectivity index (χ0) is 19.9. The van der Waals surface area contributed by atoms with Gasteiger partial charge in [0, 0.05) is 13.6 Å². The normalized spacial score (nSPS) is 12.6. The molecule has 7 heteroatoms. The van der Waals surface area contributed by atoms with Crippen molar-refractivity contribution < 1.29 is 17.9 Å². The number of hydrogen-bond acceptors (Lipinski definition) is 4. The van der Waals surface area contributed by atoms with E-state index in [2.05, 4.69) is 5.32 Å². The summed E-state index contributed by atoms with van der Waals surface area (Å²) in [6.45, 7) is 0.464. The minimum atomic E-state index is -3.51. The second-order valence-electron chi connectivity index (χ2n) is 6.34. The van der Waals surface area contributed by atoms with Crippen LogP contribution in [0.2, 0.25) is 0 Å². The molecule has 2 aromatic rings. The van der Waals surface area contributed by atoms with Crippen LogP contribution in [0.4, 0.5) is 0 Å². The first-order chi connectivity index (χ1) is 12.8. The van der Waals surface area contributed by atoms with E-state index in [1.165, 1.54) is 7.05 Å². The van der Waals surface area contributed by atoms with E-state index in [0.717, 1.165) is 34.7 Å². The quantitative estimate of drug-likeness (QED) is 0.667. The van der Waals surface area contributed by atoms with E-state index in [1.54, 1.807) is 31.4 Å².